The highest BCUT2D eigenvalue weighted by Gasteiger charge is 2.43. The maximum Gasteiger partial charge on any atom is 0.174 e. The fraction of sp³-hybridized carbons (Fsp3) is 0.160. The van der Waals surface area contributed by atoms with Gasteiger partial charge in [0.25, 0.3) is 0 Å². The summed E-state index contributed by atoms with van der Waals surface area (Å²) in [5, 5.41) is 4.13. The number of para-hydroxylation sites is 2. The van der Waals surface area contributed by atoms with E-state index in [1.165, 1.54) is 0 Å². The summed E-state index contributed by atoms with van der Waals surface area (Å²) in [4.78, 5) is 11.4. The van der Waals surface area contributed by atoms with E-state index in [4.69, 9.17) is 17.0 Å². The molecule has 2 atom stereocenters. The molecule has 7 heteroatoms. The maximum absolute atomic E-state index is 5.84. The average molecular weight is 442 g/mol. The lowest BCUT2D eigenvalue weighted by Crippen LogP contribution is -2.30. The van der Waals surface area contributed by atoms with E-state index >= 15 is 0 Å². The first kappa shape index (κ1) is 20.2. The van der Waals surface area contributed by atoms with Crippen LogP contribution < -0.4 is 15.0 Å². The Morgan fingerprint density at radius 1 is 0.969 bits per heavy atom. The minimum absolute atomic E-state index is 0.146. The van der Waals surface area contributed by atoms with Crippen molar-refractivity contribution in [2.24, 2.45) is 0 Å². The monoisotopic (exact) mass is 441 g/mol. The molecule has 1 N–H and O–H groups in total. The Morgan fingerprint density at radius 2 is 1.81 bits per heavy atom. The molecule has 0 amide bonds. The Labute approximate surface area is 192 Å². The number of hydrogen-bond acceptors (Lipinski definition) is 4. The fourth-order valence-corrected chi connectivity index (χ4v) is 4.53. The van der Waals surface area contributed by atoms with E-state index in [1.54, 1.807) is 7.11 Å². The average Bonchev–Trinajstić information content (AvgIpc) is 3.44. The van der Waals surface area contributed by atoms with E-state index in [0.29, 0.717) is 5.11 Å². The van der Waals surface area contributed by atoms with Gasteiger partial charge in [-0.3, -0.25) is 4.98 Å². The molecular formula is C25H23N5OS. The Kier molecular flexibility index (Phi) is 5.33. The van der Waals surface area contributed by atoms with Crippen LogP contribution in [-0.2, 0) is 0 Å². The van der Waals surface area contributed by atoms with Crippen molar-refractivity contribution in [2.75, 3.05) is 12.0 Å². The van der Waals surface area contributed by atoms with E-state index in [1.807, 2.05) is 80.1 Å². The second-order valence-corrected chi connectivity index (χ2v) is 8.05. The van der Waals surface area contributed by atoms with Crippen molar-refractivity contribution in [3.8, 4) is 11.6 Å². The Hall–Kier alpha value is -3.71. The zero-order chi connectivity index (χ0) is 22.1. The van der Waals surface area contributed by atoms with Crippen LogP contribution in [0.15, 0.2) is 85.3 Å². The topological polar surface area (TPSA) is 55.2 Å². The van der Waals surface area contributed by atoms with Gasteiger partial charge in [-0.15, -0.1) is 0 Å². The SMILES string of the molecule is COc1ccccc1N1C(=S)N[C@@H](c2ccccn2)[C@H]1c1cccn1-c1ccc(C)cn1. The first-order valence-electron chi connectivity index (χ1n) is 10.4. The predicted octanol–water partition coefficient (Wildman–Crippen LogP) is 4.76. The molecule has 1 aliphatic heterocycles. The first-order valence-corrected chi connectivity index (χ1v) is 10.8. The molecule has 160 valence electrons. The number of anilines is 1. The summed E-state index contributed by atoms with van der Waals surface area (Å²) in [5.74, 6) is 1.61. The van der Waals surface area contributed by atoms with Crippen molar-refractivity contribution in [1.82, 2.24) is 19.9 Å². The van der Waals surface area contributed by atoms with Crippen LogP contribution in [0.2, 0.25) is 0 Å². The number of rotatable bonds is 5. The van der Waals surface area contributed by atoms with Crippen molar-refractivity contribution >= 4 is 23.0 Å². The van der Waals surface area contributed by atoms with Gasteiger partial charge >= 0.3 is 0 Å². The minimum atomic E-state index is -0.160. The second kappa shape index (κ2) is 8.43. The molecule has 0 radical (unpaired) electrons. The molecule has 0 bridgehead atoms. The van der Waals surface area contributed by atoms with Gasteiger partial charge in [-0.25, -0.2) is 4.98 Å². The van der Waals surface area contributed by atoms with Crippen molar-refractivity contribution in [2.45, 2.75) is 19.0 Å². The summed E-state index contributed by atoms with van der Waals surface area (Å²) >= 11 is 5.84. The molecule has 32 heavy (non-hydrogen) atoms. The summed E-state index contributed by atoms with van der Waals surface area (Å²) in [6.07, 6.45) is 5.72. The number of pyridine rings is 2. The van der Waals surface area contributed by atoms with Gasteiger partial charge in [0.05, 0.1) is 24.5 Å². The van der Waals surface area contributed by atoms with Gasteiger partial charge < -0.3 is 19.5 Å². The molecule has 1 aliphatic rings. The van der Waals surface area contributed by atoms with Gasteiger partial charge in [-0.05, 0) is 67.2 Å². The number of ether oxygens (including phenoxy) is 1. The molecule has 0 unspecified atom stereocenters. The molecular weight excluding hydrogens is 418 g/mol. The quantitative estimate of drug-likeness (QED) is 0.451. The number of aromatic nitrogens is 3. The number of methoxy groups -OCH3 is 1. The third-order valence-electron chi connectivity index (χ3n) is 5.67. The summed E-state index contributed by atoms with van der Waals surface area (Å²) in [6, 6.07) is 21.8. The van der Waals surface area contributed by atoms with Gasteiger partial charge in [-0.2, -0.15) is 0 Å². The van der Waals surface area contributed by atoms with Crippen LogP contribution in [0.25, 0.3) is 5.82 Å². The smallest absolute Gasteiger partial charge is 0.174 e. The van der Waals surface area contributed by atoms with Crippen LogP contribution >= 0.6 is 12.2 Å². The molecule has 4 aromatic rings. The van der Waals surface area contributed by atoms with Crippen molar-refractivity contribution in [3.05, 3.63) is 102 Å². The zero-order valence-corrected chi connectivity index (χ0v) is 18.7. The Morgan fingerprint density at radius 3 is 2.56 bits per heavy atom. The first-order chi connectivity index (χ1) is 15.7. The Bertz CT molecular complexity index is 1240. The van der Waals surface area contributed by atoms with Gasteiger partial charge in [0.15, 0.2) is 5.11 Å². The molecule has 0 spiro atoms. The van der Waals surface area contributed by atoms with Crippen molar-refractivity contribution in [3.63, 3.8) is 0 Å². The molecule has 1 saturated heterocycles. The Balaban J connectivity index is 1.68. The van der Waals surface area contributed by atoms with E-state index in [9.17, 15) is 0 Å². The van der Waals surface area contributed by atoms with Crippen LogP contribution in [0.3, 0.4) is 0 Å². The highest BCUT2D eigenvalue weighted by atomic mass is 32.1. The highest BCUT2D eigenvalue weighted by Crippen LogP contribution is 2.44. The lowest BCUT2D eigenvalue weighted by molar-refractivity contribution is 0.414. The van der Waals surface area contributed by atoms with Gasteiger partial charge in [0, 0.05) is 24.3 Å². The van der Waals surface area contributed by atoms with E-state index in [0.717, 1.165) is 34.2 Å². The van der Waals surface area contributed by atoms with Crippen molar-refractivity contribution < 1.29 is 4.74 Å². The molecule has 1 aromatic carbocycles. The maximum atomic E-state index is 5.84. The van der Waals surface area contributed by atoms with Crippen LogP contribution in [-0.4, -0.2) is 26.8 Å². The number of nitrogens with one attached hydrogen (secondary N) is 1. The summed E-state index contributed by atoms with van der Waals surface area (Å²) in [5.41, 5.74) is 3.99. The van der Waals surface area contributed by atoms with E-state index < -0.39 is 0 Å². The molecule has 3 aromatic heterocycles. The van der Waals surface area contributed by atoms with Gasteiger partial charge in [-0.1, -0.05) is 24.3 Å². The van der Waals surface area contributed by atoms with Crippen LogP contribution in [0.5, 0.6) is 5.75 Å². The van der Waals surface area contributed by atoms with Crippen LogP contribution in [0.4, 0.5) is 5.69 Å². The summed E-state index contributed by atoms with van der Waals surface area (Å²) < 4.78 is 7.79. The number of hydrogen-bond donors (Lipinski definition) is 1. The predicted molar refractivity (Wildman–Crippen MR) is 129 cm³/mol. The minimum Gasteiger partial charge on any atom is -0.495 e. The molecule has 0 saturated carbocycles. The highest BCUT2D eigenvalue weighted by molar-refractivity contribution is 7.80. The zero-order valence-electron chi connectivity index (χ0n) is 17.8. The second-order valence-electron chi connectivity index (χ2n) is 7.67. The fourth-order valence-electron chi connectivity index (χ4n) is 4.19. The standard InChI is InChI=1S/C25H23N5OS/c1-17-12-13-22(27-16-17)29-15-7-10-20(29)24-23(18-8-5-6-14-26-18)28-25(32)30(24)19-9-3-4-11-21(19)31-2/h3-16,23-24H,1-2H3,(H,28,32)/t23-,24+/m0/s1. The number of benzene rings is 1. The normalized spacial score (nSPS) is 17.9. The third kappa shape index (κ3) is 3.50. The molecule has 5 rings (SSSR count). The molecule has 4 heterocycles. The van der Waals surface area contributed by atoms with Crippen LogP contribution in [0, 0.1) is 6.92 Å². The van der Waals surface area contributed by atoms with Crippen molar-refractivity contribution in [1.29, 1.82) is 0 Å². The third-order valence-corrected chi connectivity index (χ3v) is 5.98. The molecule has 6 nitrogen and oxygen atoms in total. The van der Waals surface area contributed by atoms with Gasteiger partial charge in [0.1, 0.15) is 17.6 Å². The molecule has 1 fully saturated rings. The summed E-state index contributed by atoms with van der Waals surface area (Å²) in [6.45, 7) is 2.03. The van der Waals surface area contributed by atoms with Gasteiger partial charge in [0.2, 0.25) is 0 Å². The summed E-state index contributed by atoms with van der Waals surface area (Å²) in [7, 11) is 1.68. The lowest BCUT2D eigenvalue weighted by atomic mass is 10.0. The van der Waals surface area contributed by atoms with E-state index in [2.05, 4.69) is 36.9 Å². The number of thiocarbonyl (C=S) groups is 1. The number of nitrogens with zero attached hydrogens (tertiary/aromatic N) is 4. The largest absolute Gasteiger partial charge is 0.495 e. The van der Waals surface area contributed by atoms with Crippen LogP contribution in [0.1, 0.15) is 29.0 Å². The lowest BCUT2D eigenvalue weighted by Gasteiger charge is -2.29. The molecule has 0 aliphatic carbocycles. The number of aryl methyl sites for hydroxylation is 1. The van der Waals surface area contributed by atoms with E-state index in [-0.39, 0.29) is 12.1 Å².